The molecule has 23 heavy (non-hydrogen) atoms. The molecule has 0 fully saturated rings. The van der Waals surface area contributed by atoms with E-state index >= 15 is 0 Å². The molecule has 1 aromatic rings. The van der Waals surface area contributed by atoms with Gasteiger partial charge in [0.25, 0.3) is 10.1 Å². The van der Waals surface area contributed by atoms with E-state index < -0.39 is 10.1 Å². The third kappa shape index (κ3) is 5.42. The van der Waals surface area contributed by atoms with Crippen molar-refractivity contribution in [3.8, 4) is 0 Å². The van der Waals surface area contributed by atoms with Crippen LogP contribution in [0.2, 0.25) is 0 Å². The molecular weight excluding hydrogens is 448 g/mol. The van der Waals surface area contributed by atoms with Crippen molar-refractivity contribution < 1.29 is 13.0 Å². The second-order valence-corrected chi connectivity index (χ2v) is 8.41. The normalized spacial score (nSPS) is 17.9. The van der Waals surface area contributed by atoms with Crippen LogP contribution in [0.3, 0.4) is 0 Å². The van der Waals surface area contributed by atoms with Gasteiger partial charge in [-0.05, 0) is 50.5 Å². The summed E-state index contributed by atoms with van der Waals surface area (Å²) in [5.41, 5.74) is 3.34. The standard InChI is InChI=1S/C9H12O3S.C6H8Br2N2/c1-6-4-7(2)9(8(3)5-6)13(10,11)12;1-4-5(7)2-3-10(9)6(4)8/h4-5H,1-3H3,(H,10,11,12);2-3,6H,9H2,1H3. The van der Waals surface area contributed by atoms with Gasteiger partial charge in [-0.3, -0.25) is 4.55 Å². The highest BCUT2D eigenvalue weighted by Gasteiger charge is 2.16. The Labute approximate surface area is 154 Å². The first kappa shape index (κ1) is 20.4. The second kappa shape index (κ2) is 7.94. The van der Waals surface area contributed by atoms with Gasteiger partial charge in [-0.15, -0.1) is 0 Å². The molecule has 0 bridgehead atoms. The smallest absolute Gasteiger partial charge is 0.295 e. The van der Waals surface area contributed by atoms with Gasteiger partial charge >= 0.3 is 0 Å². The van der Waals surface area contributed by atoms with E-state index in [2.05, 4.69) is 31.9 Å². The molecule has 0 spiro atoms. The predicted molar refractivity (Wildman–Crippen MR) is 100.0 cm³/mol. The van der Waals surface area contributed by atoms with Gasteiger partial charge in [0.1, 0.15) is 4.95 Å². The maximum atomic E-state index is 10.9. The van der Waals surface area contributed by atoms with E-state index in [9.17, 15) is 8.42 Å². The number of nitrogens with zero attached hydrogens (tertiary/aromatic N) is 1. The van der Waals surface area contributed by atoms with Crippen LogP contribution < -0.4 is 5.84 Å². The van der Waals surface area contributed by atoms with Gasteiger partial charge in [-0.2, -0.15) is 8.42 Å². The Morgan fingerprint density at radius 1 is 1.17 bits per heavy atom. The van der Waals surface area contributed by atoms with Gasteiger partial charge in [-0.25, -0.2) is 5.84 Å². The van der Waals surface area contributed by atoms with Crippen molar-refractivity contribution in [2.24, 2.45) is 5.84 Å². The van der Waals surface area contributed by atoms with Crippen LogP contribution in [0.25, 0.3) is 0 Å². The summed E-state index contributed by atoms with van der Waals surface area (Å²) in [6.07, 6.45) is 3.74. The summed E-state index contributed by atoms with van der Waals surface area (Å²) in [6.45, 7) is 7.24. The van der Waals surface area contributed by atoms with Crippen molar-refractivity contribution in [3.63, 3.8) is 0 Å². The van der Waals surface area contributed by atoms with Gasteiger partial charge < -0.3 is 5.01 Å². The highest BCUT2D eigenvalue weighted by molar-refractivity contribution is 9.12. The molecule has 0 radical (unpaired) electrons. The third-order valence-electron chi connectivity index (χ3n) is 3.25. The summed E-state index contributed by atoms with van der Waals surface area (Å²) in [5, 5.41) is 1.61. The molecule has 0 aliphatic carbocycles. The number of hydrogen-bond acceptors (Lipinski definition) is 4. The number of hydrogen-bond donors (Lipinski definition) is 2. The van der Waals surface area contributed by atoms with E-state index in [4.69, 9.17) is 10.4 Å². The molecule has 8 heteroatoms. The first-order chi connectivity index (χ1) is 10.4. The number of benzene rings is 1. The SMILES string of the molecule is CC1=C(Br)C=CN(N)C1Br.Cc1cc(C)c(S(=O)(=O)O)c(C)c1. The molecule has 128 valence electrons. The number of hydrazine groups is 1. The fraction of sp³-hybridized carbons (Fsp3) is 0.333. The highest BCUT2D eigenvalue weighted by Crippen LogP contribution is 2.26. The average Bonchev–Trinajstić information content (AvgIpc) is 2.39. The van der Waals surface area contributed by atoms with Crippen LogP contribution in [-0.4, -0.2) is 22.9 Å². The van der Waals surface area contributed by atoms with Crippen molar-refractivity contribution in [1.82, 2.24) is 5.01 Å². The van der Waals surface area contributed by atoms with Crippen LogP contribution >= 0.6 is 31.9 Å². The summed E-state index contributed by atoms with van der Waals surface area (Å²) in [7, 11) is -4.08. The monoisotopic (exact) mass is 466 g/mol. The van der Waals surface area contributed by atoms with Gasteiger partial charge in [0.15, 0.2) is 0 Å². The maximum Gasteiger partial charge on any atom is 0.295 e. The maximum absolute atomic E-state index is 10.9. The molecule has 3 N–H and O–H groups in total. The number of allylic oxidation sites excluding steroid dienone is 2. The van der Waals surface area contributed by atoms with Gasteiger partial charge in [0.05, 0.1) is 4.90 Å². The summed E-state index contributed by atoms with van der Waals surface area (Å²) in [4.78, 5) is 0.143. The Morgan fingerprint density at radius 3 is 2.04 bits per heavy atom. The zero-order valence-electron chi connectivity index (χ0n) is 13.3. The largest absolute Gasteiger partial charge is 0.300 e. The van der Waals surface area contributed by atoms with Crippen molar-refractivity contribution in [1.29, 1.82) is 0 Å². The fourth-order valence-corrected chi connectivity index (χ4v) is 4.23. The van der Waals surface area contributed by atoms with Crippen LogP contribution in [0.1, 0.15) is 23.6 Å². The molecule has 1 heterocycles. The molecule has 5 nitrogen and oxygen atoms in total. The highest BCUT2D eigenvalue weighted by atomic mass is 79.9. The van der Waals surface area contributed by atoms with E-state index in [1.807, 2.05) is 26.1 Å². The molecule has 0 aromatic heterocycles. The third-order valence-corrected chi connectivity index (χ3v) is 6.46. The molecule has 0 amide bonds. The van der Waals surface area contributed by atoms with Crippen LogP contribution in [0.4, 0.5) is 0 Å². The number of alkyl halides is 1. The Balaban J connectivity index is 0.000000238. The quantitative estimate of drug-likeness (QED) is 0.283. The Morgan fingerprint density at radius 2 is 1.65 bits per heavy atom. The fourth-order valence-electron chi connectivity index (χ4n) is 2.27. The molecule has 1 unspecified atom stereocenters. The first-order valence-electron chi connectivity index (χ1n) is 6.72. The summed E-state index contributed by atoms with van der Waals surface area (Å²) < 4.78 is 31.9. The Bertz CT molecular complexity index is 735. The first-order valence-corrected chi connectivity index (χ1v) is 9.87. The molecule has 1 aromatic carbocycles. The molecular formula is C15H20Br2N2O3S. The summed E-state index contributed by atoms with van der Waals surface area (Å²) >= 11 is 6.82. The van der Waals surface area contributed by atoms with Gasteiger partial charge in [-0.1, -0.05) is 49.6 Å². The van der Waals surface area contributed by atoms with Crippen LogP contribution in [0.5, 0.6) is 0 Å². The van der Waals surface area contributed by atoms with Crippen molar-refractivity contribution >= 4 is 42.0 Å². The number of rotatable bonds is 1. The summed E-state index contributed by atoms with van der Waals surface area (Å²) in [6, 6.07) is 3.46. The van der Waals surface area contributed by atoms with Crippen molar-refractivity contribution in [3.05, 3.63) is 51.2 Å². The molecule has 0 saturated carbocycles. The summed E-state index contributed by atoms with van der Waals surface area (Å²) in [5.74, 6) is 5.58. The molecule has 0 saturated heterocycles. The molecule has 1 aliphatic heterocycles. The van der Waals surface area contributed by atoms with E-state index in [1.165, 1.54) is 5.57 Å². The van der Waals surface area contributed by atoms with Gasteiger partial charge in [0.2, 0.25) is 0 Å². The van der Waals surface area contributed by atoms with Crippen LogP contribution in [0.15, 0.2) is 39.4 Å². The van der Waals surface area contributed by atoms with Crippen LogP contribution in [0, 0.1) is 20.8 Å². The van der Waals surface area contributed by atoms with Gasteiger partial charge in [0, 0.05) is 10.7 Å². The number of nitrogens with two attached hydrogens (primary N) is 1. The number of halogens is 2. The lowest BCUT2D eigenvalue weighted by Gasteiger charge is -2.25. The van der Waals surface area contributed by atoms with Crippen molar-refractivity contribution in [2.45, 2.75) is 37.5 Å². The molecule has 1 atom stereocenters. The molecule has 2 rings (SSSR count). The van der Waals surface area contributed by atoms with Crippen LogP contribution in [-0.2, 0) is 10.1 Å². The lowest BCUT2D eigenvalue weighted by atomic mass is 10.1. The predicted octanol–water partition coefficient (Wildman–Crippen LogP) is 3.94. The molecule has 1 aliphatic rings. The van der Waals surface area contributed by atoms with Crippen molar-refractivity contribution in [2.75, 3.05) is 0 Å². The minimum atomic E-state index is -4.08. The number of aryl methyl sites for hydroxylation is 3. The van der Waals surface area contributed by atoms with E-state index in [0.717, 1.165) is 10.0 Å². The zero-order chi connectivity index (χ0) is 17.9. The zero-order valence-corrected chi connectivity index (χ0v) is 17.3. The lowest BCUT2D eigenvalue weighted by Crippen LogP contribution is -2.34. The minimum absolute atomic E-state index is 0.0260. The average molecular weight is 468 g/mol. The lowest BCUT2D eigenvalue weighted by molar-refractivity contribution is 0.400. The van der Waals surface area contributed by atoms with E-state index in [0.29, 0.717) is 11.1 Å². The Hall–Kier alpha value is -0.670. The van der Waals surface area contributed by atoms with E-state index in [1.54, 1.807) is 31.0 Å². The minimum Gasteiger partial charge on any atom is -0.300 e. The second-order valence-electron chi connectivity index (χ2n) is 5.33. The Kier molecular flexibility index (Phi) is 7.03. The van der Waals surface area contributed by atoms with E-state index in [-0.39, 0.29) is 9.85 Å². The topological polar surface area (TPSA) is 83.6 Å².